The highest BCUT2D eigenvalue weighted by atomic mass is 127. The number of carbonyl (C=O) groups excluding carboxylic acids is 1. The summed E-state index contributed by atoms with van der Waals surface area (Å²) < 4.78 is 0. The average molecular weight is 492 g/mol. The summed E-state index contributed by atoms with van der Waals surface area (Å²) in [6, 6.07) is 16.7. The third-order valence-corrected chi connectivity index (χ3v) is 5.06. The number of nitrogens with one attached hydrogen (secondary N) is 2. The number of fused-ring (bicyclic) bond motifs is 1. The highest BCUT2D eigenvalue weighted by molar-refractivity contribution is 14.0. The maximum Gasteiger partial charge on any atom is 0.242 e. The highest BCUT2D eigenvalue weighted by Gasteiger charge is 2.20. The van der Waals surface area contributed by atoms with Crippen molar-refractivity contribution in [3.8, 4) is 0 Å². The SMILES string of the molecule is CCc1ccccc1CNC(=NC)NCC(=O)N1CCc2ccccc2C1.I. The molecule has 0 aliphatic carbocycles. The van der Waals surface area contributed by atoms with Crippen molar-refractivity contribution >= 4 is 35.8 Å². The van der Waals surface area contributed by atoms with Crippen LogP contribution >= 0.6 is 24.0 Å². The molecular weight excluding hydrogens is 463 g/mol. The predicted molar refractivity (Wildman–Crippen MR) is 125 cm³/mol. The predicted octanol–water partition coefficient (Wildman–Crippen LogP) is 3.12. The molecule has 28 heavy (non-hydrogen) atoms. The molecule has 1 aliphatic heterocycles. The van der Waals surface area contributed by atoms with Crippen LogP contribution in [0.1, 0.15) is 29.2 Å². The molecule has 0 radical (unpaired) electrons. The molecular formula is C22H29IN4O. The molecule has 0 spiro atoms. The maximum atomic E-state index is 12.6. The van der Waals surface area contributed by atoms with E-state index in [4.69, 9.17) is 0 Å². The fourth-order valence-electron chi connectivity index (χ4n) is 3.45. The van der Waals surface area contributed by atoms with E-state index in [1.807, 2.05) is 17.0 Å². The topological polar surface area (TPSA) is 56.7 Å². The monoisotopic (exact) mass is 492 g/mol. The highest BCUT2D eigenvalue weighted by Crippen LogP contribution is 2.18. The minimum atomic E-state index is 0. The van der Waals surface area contributed by atoms with Gasteiger partial charge in [-0.25, -0.2) is 0 Å². The van der Waals surface area contributed by atoms with Gasteiger partial charge in [-0.1, -0.05) is 55.5 Å². The molecule has 1 aliphatic rings. The molecule has 0 atom stereocenters. The van der Waals surface area contributed by atoms with E-state index in [0.29, 0.717) is 19.0 Å². The van der Waals surface area contributed by atoms with E-state index in [1.165, 1.54) is 22.3 Å². The van der Waals surface area contributed by atoms with Crippen LogP contribution in [0.2, 0.25) is 0 Å². The van der Waals surface area contributed by atoms with Crippen molar-refractivity contribution in [2.45, 2.75) is 32.9 Å². The fraction of sp³-hybridized carbons (Fsp3) is 0.364. The molecule has 2 aromatic carbocycles. The van der Waals surface area contributed by atoms with Gasteiger partial charge in [0.1, 0.15) is 0 Å². The summed E-state index contributed by atoms with van der Waals surface area (Å²) in [6.45, 7) is 4.55. The number of nitrogens with zero attached hydrogens (tertiary/aromatic N) is 2. The maximum absolute atomic E-state index is 12.6. The van der Waals surface area contributed by atoms with Gasteiger partial charge < -0.3 is 15.5 Å². The Labute approximate surface area is 184 Å². The molecule has 150 valence electrons. The van der Waals surface area contributed by atoms with Crippen molar-refractivity contribution in [3.63, 3.8) is 0 Å². The largest absolute Gasteiger partial charge is 0.352 e. The molecule has 0 bridgehead atoms. The molecule has 0 aromatic heterocycles. The second kappa shape index (κ2) is 11.0. The number of halogens is 1. The molecule has 1 amide bonds. The van der Waals surface area contributed by atoms with E-state index in [0.717, 1.165) is 19.4 Å². The zero-order valence-electron chi connectivity index (χ0n) is 16.6. The Morgan fingerprint density at radius 1 is 1.04 bits per heavy atom. The normalized spacial score (nSPS) is 13.4. The van der Waals surface area contributed by atoms with Crippen LogP contribution in [-0.4, -0.2) is 36.9 Å². The summed E-state index contributed by atoms with van der Waals surface area (Å²) in [7, 11) is 1.72. The summed E-state index contributed by atoms with van der Waals surface area (Å²) in [6.07, 6.45) is 1.92. The van der Waals surface area contributed by atoms with Crippen LogP contribution < -0.4 is 10.6 Å². The van der Waals surface area contributed by atoms with E-state index in [1.54, 1.807) is 7.05 Å². The molecule has 2 aromatic rings. The first kappa shape index (κ1) is 22.2. The van der Waals surface area contributed by atoms with Gasteiger partial charge in [-0.2, -0.15) is 0 Å². The van der Waals surface area contributed by atoms with Crippen LogP contribution in [0.25, 0.3) is 0 Å². The van der Waals surface area contributed by atoms with Gasteiger partial charge in [-0.05, 0) is 35.1 Å². The third-order valence-electron chi connectivity index (χ3n) is 5.06. The summed E-state index contributed by atoms with van der Waals surface area (Å²) in [4.78, 5) is 18.7. The second-order valence-corrected chi connectivity index (χ2v) is 6.74. The lowest BCUT2D eigenvalue weighted by molar-refractivity contribution is -0.130. The molecule has 0 saturated carbocycles. The quantitative estimate of drug-likeness (QED) is 0.383. The van der Waals surface area contributed by atoms with Crippen molar-refractivity contribution < 1.29 is 4.79 Å². The van der Waals surface area contributed by atoms with Gasteiger partial charge in [0, 0.05) is 26.7 Å². The van der Waals surface area contributed by atoms with Crippen LogP contribution in [-0.2, 0) is 30.7 Å². The first-order valence-corrected chi connectivity index (χ1v) is 9.57. The van der Waals surface area contributed by atoms with E-state index in [2.05, 4.69) is 58.9 Å². The van der Waals surface area contributed by atoms with Gasteiger partial charge >= 0.3 is 0 Å². The lowest BCUT2D eigenvalue weighted by atomic mass is 10.00. The minimum absolute atomic E-state index is 0. The van der Waals surface area contributed by atoms with Crippen LogP contribution in [0.4, 0.5) is 0 Å². The smallest absolute Gasteiger partial charge is 0.242 e. The summed E-state index contributed by atoms with van der Waals surface area (Å²) in [5, 5.41) is 6.45. The van der Waals surface area contributed by atoms with Crippen LogP contribution in [0.5, 0.6) is 0 Å². The Balaban J connectivity index is 0.00000280. The van der Waals surface area contributed by atoms with Gasteiger partial charge in [0.15, 0.2) is 5.96 Å². The number of guanidine groups is 1. The molecule has 6 heteroatoms. The lowest BCUT2D eigenvalue weighted by Crippen LogP contribution is -2.45. The Hall–Kier alpha value is -2.09. The van der Waals surface area contributed by atoms with Crippen molar-refractivity contribution in [1.82, 2.24) is 15.5 Å². The van der Waals surface area contributed by atoms with Crippen molar-refractivity contribution in [2.75, 3.05) is 20.1 Å². The Kier molecular flexibility index (Phi) is 8.76. The summed E-state index contributed by atoms with van der Waals surface area (Å²) >= 11 is 0. The molecule has 5 nitrogen and oxygen atoms in total. The lowest BCUT2D eigenvalue weighted by Gasteiger charge is -2.29. The first-order chi connectivity index (χ1) is 13.2. The second-order valence-electron chi connectivity index (χ2n) is 6.74. The van der Waals surface area contributed by atoms with Crippen molar-refractivity contribution in [1.29, 1.82) is 0 Å². The molecule has 0 fully saturated rings. The van der Waals surface area contributed by atoms with Crippen LogP contribution in [0.3, 0.4) is 0 Å². The van der Waals surface area contributed by atoms with Gasteiger partial charge in [-0.15, -0.1) is 24.0 Å². The average Bonchev–Trinajstić information content (AvgIpc) is 2.73. The number of carbonyl (C=O) groups is 1. The van der Waals surface area contributed by atoms with E-state index < -0.39 is 0 Å². The van der Waals surface area contributed by atoms with E-state index in [9.17, 15) is 4.79 Å². The van der Waals surface area contributed by atoms with Gasteiger partial charge in [0.25, 0.3) is 0 Å². The minimum Gasteiger partial charge on any atom is -0.352 e. The molecule has 2 N–H and O–H groups in total. The van der Waals surface area contributed by atoms with Crippen molar-refractivity contribution in [2.24, 2.45) is 4.99 Å². The van der Waals surface area contributed by atoms with E-state index >= 15 is 0 Å². The zero-order valence-corrected chi connectivity index (χ0v) is 18.9. The molecule has 0 saturated heterocycles. The van der Waals surface area contributed by atoms with E-state index in [-0.39, 0.29) is 36.4 Å². The number of hydrogen-bond acceptors (Lipinski definition) is 2. The van der Waals surface area contributed by atoms with Crippen LogP contribution in [0.15, 0.2) is 53.5 Å². The Morgan fingerprint density at radius 3 is 2.43 bits per heavy atom. The van der Waals surface area contributed by atoms with Crippen LogP contribution in [0, 0.1) is 0 Å². The van der Waals surface area contributed by atoms with Gasteiger partial charge in [-0.3, -0.25) is 9.79 Å². The summed E-state index contributed by atoms with van der Waals surface area (Å²) in [5.74, 6) is 0.744. The summed E-state index contributed by atoms with van der Waals surface area (Å²) in [5.41, 5.74) is 5.17. The third kappa shape index (κ3) is 5.70. The van der Waals surface area contributed by atoms with Gasteiger partial charge in [0.05, 0.1) is 6.54 Å². The number of aryl methyl sites for hydroxylation is 1. The Morgan fingerprint density at radius 2 is 1.71 bits per heavy atom. The number of benzene rings is 2. The standard InChI is InChI=1S/C22H28N4O.HI/c1-3-17-8-4-6-10-19(17)14-24-22(23-2)25-15-21(27)26-13-12-18-9-5-7-11-20(18)16-26;/h4-11H,3,12-16H2,1-2H3,(H2,23,24,25);1H. The molecule has 3 rings (SSSR count). The fourth-order valence-corrected chi connectivity index (χ4v) is 3.45. The number of amides is 1. The first-order valence-electron chi connectivity index (χ1n) is 9.57. The Bertz CT molecular complexity index is 822. The zero-order chi connectivity index (χ0) is 19.1. The molecule has 1 heterocycles. The van der Waals surface area contributed by atoms with Crippen molar-refractivity contribution in [3.05, 3.63) is 70.8 Å². The van der Waals surface area contributed by atoms with Gasteiger partial charge in [0.2, 0.25) is 5.91 Å². The number of aliphatic imine (C=N–C) groups is 1. The molecule has 0 unspecified atom stereocenters. The number of hydrogen-bond donors (Lipinski definition) is 2. The number of rotatable bonds is 5.